The average Bonchev–Trinajstić information content (AvgIpc) is 2.59. The van der Waals surface area contributed by atoms with Crippen LogP contribution in [-0.4, -0.2) is 21.1 Å². The smallest absolute Gasteiger partial charge is 0.259 e. The minimum Gasteiger partial charge on any atom is -0.504 e. The van der Waals surface area contributed by atoms with Crippen molar-refractivity contribution in [2.24, 2.45) is 0 Å². The molecule has 0 aliphatic rings. The van der Waals surface area contributed by atoms with E-state index in [1.807, 2.05) is 0 Å². The van der Waals surface area contributed by atoms with Crippen molar-refractivity contribution in [1.82, 2.24) is 4.98 Å². The zero-order chi connectivity index (χ0) is 18.0. The summed E-state index contributed by atoms with van der Waals surface area (Å²) in [4.78, 5) is 16.2. The number of aromatic hydroxyl groups is 2. The number of hydrogen-bond acceptors (Lipinski definition) is 4. The molecule has 0 radical (unpaired) electrons. The number of carbonyl (C=O) groups excluding carboxylic acids is 1. The lowest BCUT2D eigenvalue weighted by atomic mass is 10.0. The van der Waals surface area contributed by atoms with Gasteiger partial charge in [-0.1, -0.05) is 12.1 Å². The maximum Gasteiger partial charge on any atom is 0.259 e. The van der Waals surface area contributed by atoms with Crippen LogP contribution in [0.4, 0.5) is 10.2 Å². The standard InChI is InChI=1S/C19H15FN2O3/c1-11-8-16(23)17(24)9-14(11)12-6-7-18(21-10-12)22-19(25)13-4-2-3-5-15(13)20/h2-10,23-24H,1H3,(H,21,22,25). The summed E-state index contributed by atoms with van der Waals surface area (Å²) in [5.41, 5.74) is 2.11. The van der Waals surface area contributed by atoms with Crippen LogP contribution in [0.1, 0.15) is 15.9 Å². The van der Waals surface area contributed by atoms with Gasteiger partial charge >= 0.3 is 0 Å². The van der Waals surface area contributed by atoms with Gasteiger partial charge in [0.15, 0.2) is 11.5 Å². The topological polar surface area (TPSA) is 82.5 Å². The minimum atomic E-state index is -0.605. The molecule has 0 spiro atoms. The molecule has 25 heavy (non-hydrogen) atoms. The normalized spacial score (nSPS) is 10.5. The van der Waals surface area contributed by atoms with Crippen molar-refractivity contribution in [3.05, 3.63) is 71.7 Å². The number of hydrogen-bond donors (Lipinski definition) is 3. The van der Waals surface area contributed by atoms with E-state index in [2.05, 4.69) is 10.3 Å². The SMILES string of the molecule is Cc1cc(O)c(O)cc1-c1ccc(NC(=O)c2ccccc2F)nc1. The molecular weight excluding hydrogens is 323 g/mol. The Labute approximate surface area is 143 Å². The lowest BCUT2D eigenvalue weighted by molar-refractivity contribution is 0.102. The maximum atomic E-state index is 13.6. The second-order valence-corrected chi connectivity index (χ2v) is 5.52. The molecule has 3 rings (SSSR count). The molecule has 126 valence electrons. The number of aromatic nitrogens is 1. The third-order valence-corrected chi connectivity index (χ3v) is 3.76. The summed E-state index contributed by atoms with van der Waals surface area (Å²) in [5, 5.41) is 21.7. The zero-order valence-electron chi connectivity index (χ0n) is 13.3. The van der Waals surface area contributed by atoms with Gasteiger partial charge in [-0.2, -0.15) is 0 Å². The molecule has 0 aliphatic carbocycles. The second-order valence-electron chi connectivity index (χ2n) is 5.52. The Morgan fingerprint density at radius 1 is 1.08 bits per heavy atom. The lowest BCUT2D eigenvalue weighted by Crippen LogP contribution is -2.14. The first-order chi connectivity index (χ1) is 12.0. The first kappa shape index (κ1) is 16.4. The van der Waals surface area contributed by atoms with Crippen molar-refractivity contribution in [2.75, 3.05) is 5.32 Å². The molecule has 0 fully saturated rings. The number of phenolic OH excluding ortho intramolecular Hbond substituents is 2. The van der Waals surface area contributed by atoms with Crippen LogP contribution in [-0.2, 0) is 0 Å². The van der Waals surface area contributed by atoms with Crippen LogP contribution < -0.4 is 5.32 Å². The maximum absolute atomic E-state index is 13.6. The molecule has 2 aromatic carbocycles. The Kier molecular flexibility index (Phi) is 4.35. The van der Waals surface area contributed by atoms with Gasteiger partial charge in [-0.3, -0.25) is 4.79 Å². The van der Waals surface area contributed by atoms with Crippen LogP contribution in [0, 0.1) is 12.7 Å². The summed E-state index contributed by atoms with van der Waals surface area (Å²) in [6, 6.07) is 11.9. The summed E-state index contributed by atoms with van der Waals surface area (Å²) in [5.74, 6) is -1.33. The number of halogens is 1. The van der Waals surface area contributed by atoms with E-state index >= 15 is 0 Å². The summed E-state index contributed by atoms with van der Waals surface area (Å²) in [6.45, 7) is 1.79. The van der Waals surface area contributed by atoms with E-state index < -0.39 is 11.7 Å². The fourth-order valence-corrected chi connectivity index (χ4v) is 2.45. The van der Waals surface area contributed by atoms with Crippen LogP contribution in [0.15, 0.2) is 54.7 Å². The molecule has 3 N–H and O–H groups in total. The molecule has 5 nitrogen and oxygen atoms in total. The number of nitrogens with one attached hydrogen (secondary N) is 1. The van der Waals surface area contributed by atoms with Gasteiger partial charge in [0, 0.05) is 11.8 Å². The number of phenols is 2. The van der Waals surface area contributed by atoms with Crippen LogP contribution in [0.5, 0.6) is 11.5 Å². The molecule has 6 heteroatoms. The summed E-state index contributed by atoms with van der Waals surface area (Å²) >= 11 is 0. The van der Waals surface area contributed by atoms with Crippen molar-refractivity contribution in [3.8, 4) is 22.6 Å². The van der Waals surface area contributed by atoms with E-state index in [4.69, 9.17) is 0 Å². The molecule has 0 atom stereocenters. The monoisotopic (exact) mass is 338 g/mol. The zero-order valence-corrected chi connectivity index (χ0v) is 13.3. The molecule has 3 aromatic rings. The number of benzene rings is 2. The molecule has 0 aliphatic heterocycles. The Morgan fingerprint density at radius 2 is 1.80 bits per heavy atom. The van der Waals surface area contributed by atoms with E-state index in [-0.39, 0.29) is 22.9 Å². The molecule has 1 heterocycles. The molecule has 0 unspecified atom stereocenters. The number of pyridine rings is 1. The molecule has 1 aromatic heterocycles. The van der Waals surface area contributed by atoms with Crippen molar-refractivity contribution in [2.45, 2.75) is 6.92 Å². The van der Waals surface area contributed by atoms with Gasteiger partial charge in [0.25, 0.3) is 5.91 Å². The van der Waals surface area contributed by atoms with Crippen LogP contribution in [0.25, 0.3) is 11.1 Å². The van der Waals surface area contributed by atoms with E-state index in [1.165, 1.54) is 36.5 Å². The van der Waals surface area contributed by atoms with Gasteiger partial charge in [-0.15, -0.1) is 0 Å². The van der Waals surface area contributed by atoms with Gasteiger partial charge in [0.2, 0.25) is 0 Å². The highest BCUT2D eigenvalue weighted by atomic mass is 19.1. The molecule has 0 saturated carbocycles. The third kappa shape index (κ3) is 3.42. The minimum absolute atomic E-state index is 0.0623. The van der Waals surface area contributed by atoms with E-state index in [9.17, 15) is 19.4 Å². The van der Waals surface area contributed by atoms with Gasteiger partial charge in [0.05, 0.1) is 5.56 Å². The fraction of sp³-hybridized carbons (Fsp3) is 0.0526. The molecular formula is C19H15FN2O3. The number of aryl methyl sites for hydroxylation is 1. The number of nitrogens with zero attached hydrogens (tertiary/aromatic N) is 1. The largest absolute Gasteiger partial charge is 0.504 e. The highest BCUT2D eigenvalue weighted by molar-refractivity contribution is 6.04. The van der Waals surface area contributed by atoms with Gasteiger partial charge in [0.1, 0.15) is 11.6 Å². The Hall–Kier alpha value is -3.41. The Bertz CT molecular complexity index is 940. The third-order valence-electron chi connectivity index (χ3n) is 3.76. The predicted molar refractivity (Wildman–Crippen MR) is 92.1 cm³/mol. The van der Waals surface area contributed by atoms with Crippen LogP contribution >= 0.6 is 0 Å². The van der Waals surface area contributed by atoms with E-state index in [0.717, 1.165) is 5.56 Å². The fourth-order valence-electron chi connectivity index (χ4n) is 2.45. The first-order valence-corrected chi connectivity index (χ1v) is 7.50. The summed E-state index contributed by atoms with van der Waals surface area (Å²) < 4.78 is 13.6. The number of rotatable bonds is 3. The summed E-state index contributed by atoms with van der Waals surface area (Å²) in [7, 11) is 0. The van der Waals surface area contributed by atoms with Crippen molar-refractivity contribution in [3.63, 3.8) is 0 Å². The van der Waals surface area contributed by atoms with Gasteiger partial charge < -0.3 is 15.5 Å². The predicted octanol–water partition coefficient (Wildman–Crippen LogP) is 3.86. The summed E-state index contributed by atoms with van der Waals surface area (Å²) in [6.07, 6.45) is 1.52. The highest BCUT2D eigenvalue weighted by Crippen LogP contribution is 2.33. The molecule has 1 amide bonds. The Morgan fingerprint density at radius 3 is 2.48 bits per heavy atom. The van der Waals surface area contributed by atoms with Gasteiger partial charge in [-0.05, 0) is 54.4 Å². The van der Waals surface area contributed by atoms with Crippen LogP contribution in [0.3, 0.4) is 0 Å². The van der Waals surface area contributed by atoms with Crippen molar-refractivity contribution >= 4 is 11.7 Å². The first-order valence-electron chi connectivity index (χ1n) is 7.50. The number of carbonyl (C=O) groups is 1. The quantitative estimate of drug-likeness (QED) is 0.633. The molecule has 0 saturated heterocycles. The Balaban J connectivity index is 1.82. The average molecular weight is 338 g/mol. The van der Waals surface area contributed by atoms with Crippen LogP contribution in [0.2, 0.25) is 0 Å². The highest BCUT2D eigenvalue weighted by Gasteiger charge is 2.12. The second kappa shape index (κ2) is 6.60. The van der Waals surface area contributed by atoms with E-state index in [1.54, 1.807) is 25.1 Å². The molecule has 0 bridgehead atoms. The van der Waals surface area contributed by atoms with Crippen molar-refractivity contribution < 1.29 is 19.4 Å². The van der Waals surface area contributed by atoms with Crippen molar-refractivity contribution in [1.29, 1.82) is 0 Å². The van der Waals surface area contributed by atoms with E-state index in [0.29, 0.717) is 11.1 Å². The number of amides is 1. The lowest BCUT2D eigenvalue weighted by Gasteiger charge is -2.09. The van der Waals surface area contributed by atoms with Gasteiger partial charge in [-0.25, -0.2) is 9.37 Å². The number of anilines is 1.